The summed E-state index contributed by atoms with van der Waals surface area (Å²) in [5, 5.41) is 3.21. The summed E-state index contributed by atoms with van der Waals surface area (Å²) in [6, 6.07) is 5.62. The van der Waals surface area contributed by atoms with E-state index in [2.05, 4.69) is 10.2 Å². The Morgan fingerprint density at radius 1 is 1.50 bits per heavy atom. The van der Waals surface area contributed by atoms with Gasteiger partial charge in [-0.25, -0.2) is 4.79 Å². The lowest BCUT2D eigenvalue weighted by molar-refractivity contribution is -0.211. The molecule has 4 nitrogen and oxygen atoms in total. The van der Waals surface area contributed by atoms with E-state index >= 15 is 0 Å². The van der Waals surface area contributed by atoms with Crippen molar-refractivity contribution < 1.29 is 14.6 Å². The summed E-state index contributed by atoms with van der Waals surface area (Å²) in [7, 11) is 0. The summed E-state index contributed by atoms with van der Waals surface area (Å²) in [5.41, 5.74) is 2.11. The van der Waals surface area contributed by atoms with Gasteiger partial charge in [-0.05, 0) is 18.6 Å². The number of carbonyl (C=O) groups is 1. The lowest BCUT2D eigenvalue weighted by Gasteiger charge is -2.06. The second kappa shape index (κ2) is 3.57. The molecule has 1 aliphatic rings. The number of hydrogen-bond acceptors (Lipinski definition) is 4. The van der Waals surface area contributed by atoms with Crippen molar-refractivity contribution in [3.63, 3.8) is 0 Å². The van der Waals surface area contributed by atoms with Crippen molar-refractivity contribution in [3.05, 3.63) is 23.8 Å². The van der Waals surface area contributed by atoms with E-state index in [0.717, 1.165) is 24.2 Å². The molecule has 74 valence electrons. The van der Waals surface area contributed by atoms with Crippen LogP contribution in [-0.4, -0.2) is 12.5 Å². The van der Waals surface area contributed by atoms with Crippen molar-refractivity contribution >= 4 is 11.7 Å². The van der Waals surface area contributed by atoms with Crippen LogP contribution < -0.4 is 10.2 Å². The molecular weight excluding hydrogens is 182 g/mol. The molecule has 4 heteroatoms. The molecule has 0 radical (unpaired) electrons. The van der Waals surface area contributed by atoms with Crippen molar-refractivity contribution in [2.75, 3.05) is 11.9 Å². The predicted octanol–water partition coefficient (Wildman–Crippen LogP) is 1.51. The SMILES string of the molecule is CC(=O)OOc1cccc2c1CCN2. The Morgan fingerprint density at radius 3 is 3.14 bits per heavy atom. The van der Waals surface area contributed by atoms with E-state index < -0.39 is 5.97 Å². The Balaban J connectivity index is 2.17. The van der Waals surface area contributed by atoms with E-state index in [9.17, 15) is 4.79 Å². The van der Waals surface area contributed by atoms with Crippen molar-refractivity contribution in [1.29, 1.82) is 0 Å². The summed E-state index contributed by atoms with van der Waals surface area (Å²) in [5.74, 6) is 0.163. The lowest BCUT2D eigenvalue weighted by atomic mass is 10.1. The Labute approximate surface area is 81.8 Å². The number of nitrogens with one attached hydrogen (secondary N) is 1. The monoisotopic (exact) mass is 193 g/mol. The largest absolute Gasteiger partial charge is 0.384 e. The van der Waals surface area contributed by atoms with Gasteiger partial charge in [-0.15, -0.1) is 0 Å². The normalized spacial score (nSPS) is 12.9. The molecule has 1 heterocycles. The molecule has 0 fully saturated rings. The zero-order chi connectivity index (χ0) is 9.97. The fraction of sp³-hybridized carbons (Fsp3) is 0.300. The average molecular weight is 193 g/mol. The molecule has 0 saturated heterocycles. The van der Waals surface area contributed by atoms with Gasteiger partial charge >= 0.3 is 5.97 Å². The molecule has 0 bridgehead atoms. The topological polar surface area (TPSA) is 47.6 Å². The minimum atomic E-state index is -0.450. The van der Waals surface area contributed by atoms with Crippen LogP contribution in [0.5, 0.6) is 5.75 Å². The highest BCUT2D eigenvalue weighted by molar-refractivity contribution is 5.66. The van der Waals surface area contributed by atoms with Gasteiger partial charge in [0.05, 0.1) is 0 Å². The summed E-state index contributed by atoms with van der Waals surface area (Å²) in [6.45, 7) is 2.21. The quantitative estimate of drug-likeness (QED) is 0.571. The molecule has 0 saturated carbocycles. The predicted molar refractivity (Wildman–Crippen MR) is 51.0 cm³/mol. The van der Waals surface area contributed by atoms with Crippen molar-refractivity contribution in [2.45, 2.75) is 13.3 Å². The number of hydrogen-bond donors (Lipinski definition) is 1. The molecule has 0 aromatic heterocycles. The molecule has 2 rings (SSSR count). The Kier molecular flexibility index (Phi) is 2.26. The van der Waals surface area contributed by atoms with Crippen LogP contribution in [0.1, 0.15) is 12.5 Å². The van der Waals surface area contributed by atoms with Crippen molar-refractivity contribution in [3.8, 4) is 5.75 Å². The Hall–Kier alpha value is -1.71. The van der Waals surface area contributed by atoms with Gasteiger partial charge in [-0.3, -0.25) is 9.78 Å². The van der Waals surface area contributed by atoms with Crippen molar-refractivity contribution in [1.82, 2.24) is 0 Å². The molecule has 0 atom stereocenters. The number of rotatable bonds is 2. The molecule has 0 spiro atoms. The maximum absolute atomic E-state index is 10.6. The van der Waals surface area contributed by atoms with Gasteiger partial charge in [0.25, 0.3) is 0 Å². The minimum absolute atomic E-state index is 0.450. The third kappa shape index (κ3) is 1.64. The zero-order valence-electron chi connectivity index (χ0n) is 7.87. The average Bonchev–Trinajstić information content (AvgIpc) is 2.62. The van der Waals surface area contributed by atoms with E-state index in [-0.39, 0.29) is 0 Å². The molecule has 1 aromatic carbocycles. The first-order valence-corrected chi connectivity index (χ1v) is 4.48. The van der Waals surface area contributed by atoms with Crippen LogP contribution in [0.3, 0.4) is 0 Å². The van der Waals surface area contributed by atoms with Gasteiger partial charge < -0.3 is 5.32 Å². The summed E-state index contributed by atoms with van der Waals surface area (Å²) < 4.78 is 0. The van der Waals surface area contributed by atoms with E-state index in [4.69, 9.17) is 4.89 Å². The molecule has 0 unspecified atom stereocenters. The molecule has 1 aromatic rings. The van der Waals surface area contributed by atoms with E-state index in [1.165, 1.54) is 6.92 Å². The first-order chi connectivity index (χ1) is 6.77. The van der Waals surface area contributed by atoms with Gasteiger partial charge in [0.2, 0.25) is 0 Å². The molecule has 0 aliphatic carbocycles. The van der Waals surface area contributed by atoms with E-state index in [1.54, 1.807) is 6.07 Å². The zero-order valence-corrected chi connectivity index (χ0v) is 7.87. The van der Waals surface area contributed by atoms with Crippen LogP contribution in [0.25, 0.3) is 0 Å². The minimum Gasteiger partial charge on any atom is -0.384 e. The van der Waals surface area contributed by atoms with Crippen molar-refractivity contribution in [2.24, 2.45) is 0 Å². The van der Waals surface area contributed by atoms with Gasteiger partial charge in [0.15, 0.2) is 5.75 Å². The van der Waals surface area contributed by atoms with Crippen LogP contribution in [0, 0.1) is 0 Å². The number of fused-ring (bicyclic) bond motifs is 1. The standard InChI is InChI=1S/C10H11NO3/c1-7(12)13-14-10-4-2-3-9-8(10)5-6-11-9/h2-4,11H,5-6H2,1H3. The Morgan fingerprint density at radius 2 is 2.36 bits per heavy atom. The second-order valence-corrected chi connectivity index (χ2v) is 3.12. The molecular formula is C10H11NO3. The van der Waals surface area contributed by atoms with E-state index in [1.807, 2.05) is 12.1 Å². The first kappa shape index (κ1) is 8.87. The smallest absolute Gasteiger partial charge is 0.352 e. The fourth-order valence-corrected chi connectivity index (χ4v) is 1.49. The highest BCUT2D eigenvalue weighted by Crippen LogP contribution is 2.30. The summed E-state index contributed by atoms with van der Waals surface area (Å²) in [6.07, 6.45) is 0.896. The van der Waals surface area contributed by atoms with Gasteiger partial charge in [0.1, 0.15) is 0 Å². The summed E-state index contributed by atoms with van der Waals surface area (Å²) in [4.78, 5) is 20.0. The Bertz CT molecular complexity index is 362. The fourth-order valence-electron chi connectivity index (χ4n) is 1.49. The molecule has 1 aliphatic heterocycles. The number of carbonyl (C=O) groups excluding carboxylic acids is 1. The molecule has 14 heavy (non-hydrogen) atoms. The number of benzene rings is 1. The van der Waals surface area contributed by atoms with Crippen LogP contribution in [0.4, 0.5) is 5.69 Å². The second-order valence-electron chi connectivity index (χ2n) is 3.12. The third-order valence-corrected chi connectivity index (χ3v) is 2.07. The maximum Gasteiger partial charge on any atom is 0.352 e. The van der Waals surface area contributed by atoms with Crippen LogP contribution in [-0.2, 0) is 16.1 Å². The van der Waals surface area contributed by atoms with Gasteiger partial charge in [-0.2, -0.15) is 0 Å². The molecule has 1 N–H and O–H groups in total. The van der Waals surface area contributed by atoms with Gasteiger partial charge in [0, 0.05) is 24.7 Å². The molecule has 0 amide bonds. The first-order valence-electron chi connectivity index (χ1n) is 4.48. The number of anilines is 1. The van der Waals surface area contributed by atoms with Crippen LogP contribution in [0.2, 0.25) is 0 Å². The third-order valence-electron chi connectivity index (χ3n) is 2.07. The van der Waals surface area contributed by atoms with Crippen LogP contribution >= 0.6 is 0 Å². The highest BCUT2D eigenvalue weighted by Gasteiger charge is 2.15. The summed E-state index contributed by atoms with van der Waals surface area (Å²) >= 11 is 0. The van der Waals surface area contributed by atoms with Crippen LogP contribution in [0.15, 0.2) is 18.2 Å². The lowest BCUT2D eigenvalue weighted by Crippen LogP contribution is -2.04. The van der Waals surface area contributed by atoms with Gasteiger partial charge in [-0.1, -0.05) is 6.07 Å². The highest BCUT2D eigenvalue weighted by atomic mass is 17.2. The maximum atomic E-state index is 10.6. The van der Waals surface area contributed by atoms with E-state index in [0.29, 0.717) is 5.75 Å².